The van der Waals surface area contributed by atoms with E-state index in [1.807, 2.05) is 0 Å². The van der Waals surface area contributed by atoms with E-state index in [9.17, 15) is 0 Å². The predicted octanol–water partition coefficient (Wildman–Crippen LogP) is -0.000800. The molecule has 4 atom stereocenters. The van der Waals surface area contributed by atoms with Crippen molar-refractivity contribution in [1.82, 2.24) is 15.1 Å². The maximum absolute atomic E-state index is 5.69. The lowest BCUT2D eigenvalue weighted by atomic mass is 9.89. The number of fused-ring (bicyclic) bond motifs is 2. The van der Waals surface area contributed by atoms with Gasteiger partial charge >= 0.3 is 0 Å². The molecule has 3 saturated heterocycles. The molecule has 3 rings (SSSR count). The molecule has 98 valence electrons. The Kier molecular flexibility index (Phi) is 3.39. The summed E-state index contributed by atoms with van der Waals surface area (Å²) in [5.41, 5.74) is 0. The Balaban J connectivity index is 1.76. The van der Waals surface area contributed by atoms with Gasteiger partial charge in [0.25, 0.3) is 0 Å². The third kappa shape index (κ3) is 2.24. The Hall–Kier alpha value is -0.160. The standard InChI is InChI=1S/C13H25N3O/c1-10-12-9-17-6-3-13(12)14-7-11-8-15(2)4-5-16(10)11/h10-14H,3-9H2,1-2H3/t10-,11?,12-,13?/m0/s1. The Morgan fingerprint density at radius 3 is 3.06 bits per heavy atom. The molecular formula is C13H25N3O. The van der Waals surface area contributed by atoms with E-state index >= 15 is 0 Å². The first kappa shape index (κ1) is 11.9. The van der Waals surface area contributed by atoms with E-state index in [-0.39, 0.29) is 0 Å². The lowest BCUT2D eigenvalue weighted by molar-refractivity contribution is -0.0117. The molecule has 0 aromatic carbocycles. The minimum Gasteiger partial charge on any atom is -0.381 e. The second-order valence-electron chi connectivity index (χ2n) is 5.94. The number of piperazine rings is 1. The molecule has 0 spiro atoms. The van der Waals surface area contributed by atoms with Crippen LogP contribution >= 0.6 is 0 Å². The molecule has 3 aliphatic rings. The maximum Gasteiger partial charge on any atom is 0.0524 e. The first-order valence-corrected chi connectivity index (χ1v) is 7.01. The molecule has 17 heavy (non-hydrogen) atoms. The van der Waals surface area contributed by atoms with Gasteiger partial charge in [-0.2, -0.15) is 0 Å². The van der Waals surface area contributed by atoms with Crippen LogP contribution in [0, 0.1) is 5.92 Å². The smallest absolute Gasteiger partial charge is 0.0524 e. The van der Waals surface area contributed by atoms with Gasteiger partial charge in [-0.05, 0) is 20.4 Å². The van der Waals surface area contributed by atoms with Crippen LogP contribution in [0.5, 0.6) is 0 Å². The van der Waals surface area contributed by atoms with Crippen LogP contribution in [-0.2, 0) is 4.74 Å². The Bertz CT molecular complexity index is 273. The van der Waals surface area contributed by atoms with Crippen LogP contribution in [0.3, 0.4) is 0 Å². The summed E-state index contributed by atoms with van der Waals surface area (Å²) >= 11 is 0. The van der Waals surface area contributed by atoms with E-state index in [2.05, 4.69) is 29.1 Å². The van der Waals surface area contributed by atoms with Gasteiger partial charge in [-0.3, -0.25) is 4.90 Å². The second kappa shape index (κ2) is 4.84. The zero-order chi connectivity index (χ0) is 11.8. The fourth-order valence-electron chi connectivity index (χ4n) is 3.76. The average molecular weight is 239 g/mol. The highest BCUT2D eigenvalue weighted by atomic mass is 16.5. The van der Waals surface area contributed by atoms with Crippen LogP contribution in [0.25, 0.3) is 0 Å². The van der Waals surface area contributed by atoms with Gasteiger partial charge < -0.3 is 15.0 Å². The van der Waals surface area contributed by atoms with Crippen LogP contribution in [0.1, 0.15) is 13.3 Å². The van der Waals surface area contributed by atoms with Crippen molar-refractivity contribution in [3.63, 3.8) is 0 Å². The molecule has 0 aliphatic carbocycles. The van der Waals surface area contributed by atoms with Gasteiger partial charge in [0.05, 0.1) is 6.61 Å². The number of nitrogens with zero attached hydrogens (tertiary/aromatic N) is 2. The van der Waals surface area contributed by atoms with Gasteiger partial charge in [0.2, 0.25) is 0 Å². The SMILES string of the molecule is C[C@H]1[C@@H]2COCCC2NCC2CN(C)CCN21. The molecule has 4 nitrogen and oxygen atoms in total. The molecule has 0 saturated carbocycles. The fraction of sp³-hybridized carbons (Fsp3) is 1.00. The maximum atomic E-state index is 5.69. The van der Waals surface area contributed by atoms with Gasteiger partial charge in [0.1, 0.15) is 0 Å². The van der Waals surface area contributed by atoms with E-state index in [1.165, 1.54) is 26.1 Å². The highest BCUT2D eigenvalue weighted by molar-refractivity contribution is 4.96. The van der Waals surface area contributed by atoms with Gasteiger partial charge in [-0.25, -0.2) is 0 Å². The van der Waals surface area contributed by atoms with Crippen molar-refractivity contribution < 1.29 is 4.74 Å². The molecule has 0 bridgehead atoms. The summed E-state index contributed by atoms with van der Waals surface area (Å²) in [6.07, 6.45) is 1.19. The summed E-state index contributed by atoms with van der Waals surface area (Å²) in [4.78, 5) is 5.17. The number of likely N-dealkylation sites (N-methyl/N-ethyl adjacent to an activating group) is 1. The van der Waals surface area contributed by atoms with E-state index in [0.29, 0.717) is 24.0 Å². The molecular weight excluding hydrogens is 214 g/mol. The fourth-order valence-corrected chi connectivity index (χ4v) is 3.76. The lowest BCUT2D eigenvalue weighted by Gasteiger charge is -2.44. The predicted molar refractivity (Wildman–Crippen MR) is 68.2 cm³/mol. The van der Waals surface area contributed by atoms with Crippen LogP contribution in [0.4, 0.5) is 0 Å². The lowest BCUT2D eigenvalue weighted by Crippen LogP contribution is -2.57. The first-order valence-electron chi connectivity index (χ1n) is 7.01. The summed E-state index contributed by atoms with van der Waals surface area (Å²) < 4.78 is 5.69. The van der Waals surface area contributed by atoms with Gasteiger partial charge in [-0.15, -0.1) is 0 Å². The largest absolute Gasteiger partial charge is 0.381 e. The summed E-state index contributed by atoms with van der Waals surface area (Å²) in [5, 5.41) is 3.79. The number of hydrogen-bond donors (Lipinski definition) is 1. The summed E-state index contributed by atoms with van der Waals surface area (Å²) in [5.74, 6) is 0.678. The molecule has 0 amide bonds. The highest BCUT2D eigenvalue weighted by Crippen LogP contribution is 2.27. The van der Waals surface area contributed by atoms with Crippen molar-refractivity contribution in [3.8, 4) is 0 Å². The molecule has 0 aromatic rings. The molecule has 3 aliphatic heterocycles. The van der Waals surface area contributed by atoms with Crippen molar-refractivity contribution >= 4 is 0 Å². The Morgan fingerprint density at radius 1 is 1.29 bits per heavy atom. The molecule has 3 heterocycles. The van der Waals surface area contributed by atoms with E-state index in [1.54, 1.807) is 0 Å². The van der Waals surface area contributed by atoms with Crippen molar-refractivity contribution in [3.05, 3.63) is 0 Å². The topological polar surface area (TPSA) is 27.7 Å². The first-order chi connectivity index (χ1) is 8.25. The van der Waals surface area contributed by atoms with Crippen LogP contribution in [0.2, 0.25) is 0 Å². The normalized spacial score (nSPS) is 44.8. The second-order valence-corrected chi connectivity index (χ2v) is 5.94. The molecule has 3 fully saturated rings. The minimum atomic E-state index is 0.661. The summed E-state index contributed by atoms with van der Waals surface area (Å²) in [7, 11) is 2.24. The minimum absolute atomic E-state index is 0.661. The highest BCUT2D eigenvalue weighted by Gasteiger charge is 2.40. The number of ether oxygens (including phenoxy) is 1. The van der Waals surface area contributed by atoms with E-state index in [4.69, 9.17) is 4.74 Å². The molecule has 0 aromatic heterocycles. The molecule has 0 radical (unpaired) electrons. The third-order valence-electron chi connectivity index (χ3n) is 4.89. The van der Waals surface area contributed by atoms with Crippen LogP contribution in [0.15, 0.2) is 0 Å². The van der Waals surface area contributed by atoms with Crippen molar-refractivity contribution in [1.29, 1.82) is 0 Å². The van der Waals surface area contributed by atoms with Gasteiger partial charge in [0, 0.05) is 56.8 Å². The van der Waals surface area contributed by atoms with Crippen molar-refractivity contribution in [2.24, 2.45) is 5.92 Å². The summed E-state index contributed by atoms with van der Waals surface area (Å²) in [6.45, 7) is 9.06. The molecule has 1 N–H and O–H groups in total. The van der Waals surface area contributed by atoms with Gasteiger partial charge in [-0.1, -0.05) is 0 Å². The van der Waals surface area contributed by atoms with Crippen LogP contribution < -0.4 is 5.32 Å². The van der Waals surface area contributed by atoms with Crippen molar-refractivity contribution in [2.45, 2.75) is 31.5 Å². The molecule has 2 unspecified atom stereocenters. The van der Waals surface area contributed by atoms with E-state index in [0.717, 1.165) is 19.8 Å². The number of nitrogens with one attached hydrogen (secondary N) is 1. The van der Waals surface area contributed by atoms with Gasteiger partial charge in [0.15, 0.2) is 0 Å². The average Bonchev–Trinajstić information content (AvgIpc) is 2.48. The Morgan fingerprint density at radius 2 is 2.18 bits per heavy atom. The Labute approximate surface area is 104 Å². The zero-order valence-electron chi connectivity index (χ0n) is 11.1. The van der Waals surface area contributed by atoms with Crippen LogP contribution in [-0.4, -0.2) is 74.4 Å². The third-order valence-corrected chi connectivity index (χ3v) is 4.89. The zero-order valence-corrected chi connectivity index (χ0v) is 11.1. The van der Waals surface area contributed by atoms with E-state index < -0.39 is 0 Å². The number of rotatable bonds is 0. The summed E-state index contributed by atoms with van der Waals surface area (Å²) in [6, 6.07) is 2.03. The van der Waals surface area contributed by atoms with Crippen molar-refractivity contribution in [2.75, 3.05) is 46.4 Å². The quantitative estimate of drug-likeness (QED) is 0.644. The number of hydrogen-bond acceptors (Lipinski definition) is 4. The molecule has 4 heteroatoms. The monoisotopic (exact) mass is 239 g/mol.